The van der Waals surface area contributed by atoms with Gasteiger partial charge in [0.25, 0.3) is 0 Å². The van der Waals surface area contributed by atoms with Crippen LogP contribution in [0.25, 0.3) is 0 Å². The molecule has 0 saturated carbocycles. The van der Waals surface area contributed by atoms with E-state index in [1.165, 1.54) is 32.1 Å². The van der Waals surface area contributed by atoms with E-state index in [0.717, 1.165) is 0 Å². The number of hydrogen-bond donors (Lipinski definition) is 0. The molecular weight excluding hydrogens is 180 g/mol. The predicted octanol–water partition coefficient (Wildman–Crippen LogP) is 6.37. The standard InChI is InChI=1S/C9H16.3C2H6/c1-3-9-7-5-4-6-8(9)2;3*1-2/h3-7H2,1-2H3;3*1-2H3. The minimum atomic E-state index is 1.28. The molecule has 0 aliphatic heterocycles. The summed E-state index contributed by atoms with van der Waals surface area (Å²) in [4.78, 5) is 0. The van der Waals surface area contributed by atoms with Gasteiger partial charge in [-0.25, -0.2) is 0 Å². The molecule has 0 unspecified atom stereocenters. The molecule has 0 nitrogen and oxygen atoms in total. The Bertz CT molecular complexity index is 120. The van der Waals surface area contributed by atoms with Crippen LogP contribution in [0.3, 0.4) is 0 Å². The highest BCUT2D eigenvalue weighted by Crippen LogP contribution is 2.25. The van der Waals surface area contributed by atoms with Crippen LogP contribution in [-0.4, -0.2) is 0 Å². The van der Waals surface area contributed by atoms with Gasteiger partial charge in [-0.3, -0.25) is 0 Å². The van der Waals surface area contributed by atoms with E-state index in [1.807, 2.05) is 41.5 Å². The van der Waals surface area contributed by atoms with Crippen molar-refractivity contribution in [1.29, 1.82) is 0 Å². The maximum absolute atomic E-state index is 2.29. The minimum absolute atomic E-state index is 1.28. The van der Waals surface area contributed by atoms with Crippen molar-refractivity contribution in [2.24, 2.45) is 0 Å². The van der Waals surface area contributed by atoms with E-state index in [-0.39, 0.29) is 0 Å². The maximum Gasteiger partial charge on any atom is -0.0318 e. The summed E-state index contributed by atoms with van der Waals surface area (Å²) in [7, 11) is 0. The molecule has 0 aromatic heterocycles. The summed E-state index contributed by atoms with van der Waals surface area (Å²) in [6.07, 6.45) is 6.88. The van der Waals surface area contributed by atoms with Crippen molar-refractivity contribution in [3.63, 3.8) is 0 Å². The van der Waals surface area contributed by atoms with Crippen LogP contribution in [0.4, 0.5) is 0 Å². The third-order valence-electron chi connectivity index (χ3n) is 2.31. The molecule has 0 saturated heterocycles. The van der Waals surface area contributed by atoms with Crippen molar-refractivity contribution in [1.82, 2.24) is 0 Å². The van der Waals surface area contributed by atoms with E-state index in [0.29, 0.717) is 0 Å². The lowest BCUT2D eigenvalue weighted by Crippen LogP contribution is -1.95. The average molecular weight is 214 g/mol. The molecule has 0 radical (unpaired) electrons. The Labute approximate surface area is 99.2 Å². The Morgan fingerprint density at radius 2 is 1.20 bits per heavy atom. The number of rotatable bonds is 1. The van der Waals surface area contributed by atoms with Crippen LogP contribution in [0.1, 0.15) is 87.5 Å². The fourth-order valence-electron chi connectivity index (χ4n) is 1.60. The molecule has 1 rings (SSSR count). The van der Waals surface area contributed by atoms with Crippen LogP contribution >= 0.6 is 0 Å². The molecule has 1 aliphatic carbocycles. The summed E-state index contributed by atoms with van der Waals surface area (Å²) >= 11 is 0. The van der Waals surface area contributed by atoms with Gasteiger partial charge >= 0.3 is 0 Å². The van der Waals surface area contributed by atoms with E-state index in [1.54, 1.807) is 11.1 Å². The molecule has 0 atom stereocenters. The second kappa shape index (κ2) is 19.3. The molecule has 15 heavy (non-hydrogen) atoms. The molecule has 0 aromatic carbocycles. The van der Waals surface area contributed by atoms with E-state index >= 15 is 0 Å². The topological polar surface area (TPSA) is 0 Å². The first-order valence-corrected chi connectivity index (χ1v) is 7.02. The Morgan fingerprint density at radius 3 is 1.47 bits per heavy atom. The van der Waals surface area contributed by atoms with Gasteiger partial charge in [0.15, 0.2) is 0 Å². The first-order chi connectivity index (χ1) is 7.34. The molecule has 0 bridgehead atoms. The first-order valence-electron chi connectivity index (χ1n) is 7.02. The highest BCUT2D eigenvalue weighted by molar-refractivity contribution is 5.13. The van der Waals surface area contributed by atoms with E-state index in [9.17, 15) is 0 Å². The molecule has 0 spiro atoms. The zero-order valence-electron chi connectivity index (χ0n) is 12.5. The van der Waals surface area contributed by atoms with Gasteiger partial charge in [-0.2, -0.15) is 0 Å². The summed E-state index contributed by atoms with van der Waals surface area (Å²) in [5, 5.41) is 0. The summed E-state index contributed by atoms with van der Waals surface area (Å²) in [6.45, 7) is 16.6. The summed E-state index contributed by atoms with van der Waals surface area (Å²) in [5.74, 6) is 0. The van der Waals surface area contributed by atoms with Crippen molar-refractivity contribution in [2.75, 3.05) is 0 Å². The van der Waals surface area contributed by atoms with Crippen molar-refractivity contribution in [3.8, 4) is 0 Å². The van der Waals surface area contributed by atoms with Crippen LogP contribution in [0.2, 0.25) is 0 Å². The van der Waals surface area contributed by atoms with Gasteiger partial charge in [0.1, 0.15) is 0 Å². The van der Waals surface area contributed by atoms with Crippen molar-refractivity contribution >= 4 is 0 Å². The van der Waals surface area contributed by atoms with E-state index in [2.05, 4.69) is 13.8 Å². The highest BCUT2D eigenvalue weighted by atomic mass is 14.1. The van der Waals surface area contributed by atoms with E-state index < -0.39 is 0 Å². The molecule has 94 valence electrons. The average Bonchev–Trinajstić information content (AvgIpc) is 2.37. The molecular formula is C15H34. The number of hydrogen-bond acceptors (Lipinski definition) is 0. The zero-order valence-corrected chi connectivity index (χ0v) is 12.5. The van der Waals surface area contributed by atoms with Gasteiger partial charge in [0, 0.05) is 0 Å². The third kappa shape index (κ3) is 11.7. The molecule has 0 fully saturated rings. The summed E-state index contributed by atoms with van der Waals surface area (Å²) in [5.41, 5.74) is 3.39. The van der Waals surface area contributed by atoms with Gasteiger partial charge in [0.05, 0.1) is 0 Å². The van der Waals surface area contributed by atoms with Gasteiger partial charge < -0.3 is 0 Å². The molecule has 0 heterocycles. The Balaban J connectivity index is -0.000000208. The maximum atomic E-state index is 2.29. The SMILES string of the molecule is CC.CC.CC.CCC1=C(C)CCCC1. The molecule has 0 amide bonds. The lowest BCUT2D eigenvalue weighted by Gasteiger charge is -2.15. The second-order valence-electron chi connectivity index (χ2n) is 2.94. The first kappa shape index (κ1) is 20.2. The van der Waals surface area contributed by atoms with Gasteiger partial charge in [-0.1, -0.05) is 59.6 Å². The van der Waals surface area contributed by atoms with Crippen LogP contribution in [-0.2, 0) is 0 Å². The third-order valence-corrected chi connectivity index (χ3v) is 2.31. The molecule has 1 aliphatic rings. The van der Waals surface area contributed by atoms with Crippen LogP contribution in [0.15, 0.2) is 11.1 Å². The molecule has 0 heteroatoms. The smallest absolute Gasteiger partial charge is 0.0318 e. The lowest BCUT2D eigenvalue weighted by atomic mass is 9.91. The van der Waals surface area contributed by atoms with Crippen LogP contribution in [0.5, 0.6) is 0 Å². The Morgan fingerprint density at radius 1 is 0.800 bits per heavy atom. The predicted molar refractivity (Wildman–Crippen MR) is 75.5 cm³/mol. The fourth-order valence-corrected chi connectivity index (χ4v) is 1.60. The zero-order chi connectivity index (χ0) is 12.7. The van der Waals surface area contributed by atoms with Crippen LogP contribution in [0, 0.1) is 0 Å². The minimum Gasteiger partial charge on any atom is -0.0741 e. The Kier molecular flexibility index (Phi) is 26.0. The van der Waals surface area contributed by atoms with Crippen molar-refractivity contribution in [2.45, 2.75) is 87.5 Å². The molecule has 0 aromatic rings. The second-order valence-corrected chi connectivity index (χ2v) is 2.94. The normalized spacial score (nSPS) is 13.6. The highest BCUT2D eigenvalue weighted by Gasteiger charge is 2.05. The lowest BCUT2D eigenvalue weighted by molar-refractivity contribution is 0.656. The monoisotopic (exact) mass is 214 g/mol. The van der Waals surface area contributed by atoms with Gasteiger partial charge in [-0.05, 0) is 39.0 Å². The Hall–Kier alpha value is -0.260. The fraction of sp³-hybridized carbons (Fsp3) is 0.867. The van der Waals surface area contributed by atoms with Gasteiger partial charge in [0.2, 0.25) is 0 Å². The summed E-state index contributed by atoms with van der Waals surface area (Å²) < 4.78 is 0. The summed E-state index contributed by atoms with van der Waals surface area (Å²) in [6, 6.07) is 0. The largest absolute Gasteiger partial charge is 0.0741 e. The number of allylic oxidation sites excluding steroid dienone is 2. The quantitative estimate of drug-likeness (QED) is 0.445. The molecule has 0 N–H and O–H groups in total. The van der Waals surface area contributed by atoms with Crippen molar-refractivity contribution < 1.29 is 0 Å². The van der Waals surface area contributed by atoms with Crippen molar-refractivity contribution in [3.05, 3.63) is 11.1 Å². The van der Waals surface area contributed by atoms with E-state index in [4.69, 9.17) is 0 Å². The van der Waals surface area contributed by atoms with Crippen LogP contribution < -0.4 is 0 Å². The van der Waals surface area contributed by atoms with Gasteiger partial charge in [-0.15, -0.1) is 0 Å².